The zero-order chi connectivity index (χ0) is 10.7. The number of fused-ring (bicyclic) bond motifs is 1. The molecule has 0 amide bonds. The number of benzene rings is 1. The molecule has 77 valence electrons. The maximum absolute atomic E-state index is 10.6. The van der Waals surface area contributed by atoms with Gasteiger partial charge in [-0.1, -0.05) is 11.2 Å². The molecule has 4 nitrogen and oxygen atoms in total. The second-order valence-corrected chi connectivity index (χ2v) is 3.14. The van der Waals surface area contributed by atoms with Gasteiger partial charge in [0.1, 0.15) is 5.75 Å². The Morgan fingerprint density at radius 1 is 1.67 bits per heavy atom. The third-order valence-electron chi connectivity index (χ3n) is 2.02. The Morgan fingerprint density at radius 3 is 3.33 bits per heavy atom. The van der Waals surface area contributed by atoms with Gasteiger partial charge >= 0.3 is 5.97 Å². The first-order chi connectivity index (χ1) is 7.27. The zero-order valence-corrected chi connectivity index (χ0v) is 8.32. The molecular weight excluding hydrogens is 194 g/mol. The Balaban J connectivity index is 2.29. The topological polar surface area (TPSA) is 47.9 Å². The minimum absolute atomic E-state index is 0.418. The minimum Gasteiger partial charge on any atom is -0.492 e. The van der Waals surface area contributed by atoms with Crippen molar-refractivity contribution in [3.63, 3.8) is 0 Å². The minimum atomic E-state index is -0.418. The van der Waals surface area contributed by atoms with Crippen LogP contribution in [0.1, 0.15) is 18.9 Å². The number of rotatable bonds is 1. The lowest BCUT2D eigenvalue weighted by atomic mass is 10.0. The van der Waals surface area contributed by atoms with Gasteiger partial charge in [0, 0.05) is 18.9 Å². The summed E-state index contributed by atoms with van der Waals surface area (Å²) in [6.45, 7) is 1.87. The number of carbonyl (C=O) groups excluding carboxylic acids is 1. The molecule has 1 aromatic rings. The largest absolute Gasteiger partial charge is 0.492 e. The second-order valence-electron chi connectivity index (χ2n) is 3.14. The third-order valence-corrected chi connectivity index (χ3v) is 2.02. The van der Waals surface area contributed by atoms with Crippen molar-refractivity contribution < 1.29 is 14.4 Å². The first kappa shape index (κ1) is 9.71. The third kappa shape index (κ3) is 2.15. The van der Waals surface area contributed by atoms with Crippen LogP contribution in [-0.4, -0.2) is 18.3 Å². The Kier molecular flexibility index (Phi) is 2.67. The van der Waals surface area contributed by atoms with Crippen molar-refractivity contribution in [3.05, 3.63) is 29.8 Å². The normalized spacial score (nSPS) is 16.7. The number of nitrogens with zero attached hydrogens (tertiary/aromatic N) is 1. The van der Waals surface area contributed by atoms with Crippen LogP contribution in [0.25, 0.3) is 0 Å². The standard InChI is InChI=1S/C11H10NO3/c1-8(13)15-12-10-6-7-14-11-5-3-2-4-9(10)11/h2,4-5H,6-7H2,1H3/b12-10-. The summed E-state index contributed by atoms with van der Waals surface area (Å²) in [6, 6.07) is 8.28. The van der Waals surface area contributed by atoms with E-state index < -0.39 is 5.97 Å². The van der Waals surface area contributed by atoms with E-state index in [1.54, 1.807) is 12.1 Å². The quantitative estimate of drug-likeness (QED) is 0.515. The molecule has 4 heteroatoms. The summed E-state index contributed by atoms with van der Waals surface area (Å²) in [5.74, 6) is 0.313. The molecule has 0 unspecified atom stereocenters. The van der Waals surface area contributed by atoms with Gasteiger partial charge in [-0.3, -0.25) is 0 Å². The Hall–Kier alpha value is -1.84. The number of carbonyl (C=O) groups is 1. The maximum Gasteiger partial charge on any atom is 0.331 e. The highest BCUT2D eigenvalue weighted by Gasteiger charge is 2.16. The molecule has 0 aromatic heterocycles. The molecule has 1 aromatic carbocycles. The molecular formula is C11H10NO3. The summed E-state index contributed by atoms with van der Waals surface area (Å²) < 4.78 is 5.41. The summed E-state index contributed by atoms with van der Waals surface area (Å²) in [4.78, 5) is 15.3. The van der Waals surface area contributed by atoms with E-state index in [4.69, 9.17) is 4.74 Å². The van der Waals surface area contributed by atoms with E-state index in [1.807, 2.05) is 6.07 Å². The van der Waals surface area contributed by atoms with E-state index in [9.17, 15) is 4.79 Å². The highest BCUT2D eigenvalue weighted by atomic mass is 16.7. The van der Waals surface area contributed by atoms with Gasteiger partial charge in [-0.25, -0.2) is 4.79 Å². The van der Waals surface area contributed by atoms with Crippen molar-refractivity contribution in [3.8, 4) is 5.75 Å². The smallest absolute Gasteiger partial charge is 0.331 e. The molecule has 0 N–H and O–H groups in total. The Labute approximate surface area is 87.5 Å². The van der Waals surface area contributed by atoms with Gasteiger partial charge in [0.15, 0.2) is 0 Å². The van der Waals surface area contributed by atoms with Gasteiger partial charge < -0.3 is 9.57 Å². The summed E-state index contributed by atoms with van der Waals surface area (Å²) in [5.41, 5.74) is 1.60. The van der Waals surface area contributed by atoms with Crippen LogP contribution in [0.15, 0.2) is 23.4 Å². The van der Waals surface area contributed by atoms with E-state index in [-0.39, 0.29) is 0 Å². The fraction of sp³-hybridized carbons (Fsp3) is 0.273. The monoisotopic (exact) mass is 204 g/mol. The molecule has 0 atom stereocenters. The molecule has 0 saturated carbocycles. The molecule has 1 aliphatic heterocycles. The van der Waals surface area contributed by atoms with E-state index in [2.05, 4.69) is 16.1 Å². The van der Waals surface area contributed by atoms with Crippen LogP contribution in [0.5, 0.6) is 5.75 Å². The summed E-state index contributed by atoms with van der Waals surface area (Å²) in [6.07, 6.45) is 0.643. The van der Waals surface area contributed by atoms with E-state index in [1.165, 1.54) is 6.92 Å². The summed E-state index contributed by atoms with van der Waals surface area (Å²) >= 11 is 0. The van der Waals surface area contributed by atoms with Crippen LogP contribution in [0.3, 0.4) is 0 Å². The number of hydrogen-bond acceptors (Lipinski definition) is 4. The molecule has 15 heavy (non-hydrogen) atoms. The van der Waals surface area contributed by atoms with Gasteiger partial charge in [-0.15, -0.1) is 0 Å². The first-order valence-electron chi connectivity index (χ1n) is 4.65. The average Bonchev–Trinajstić information content (AvgIpc) is 2.26. The van der Waals surface area contributed by atoms with Crippen molar-refractivity contribution in [2.24, 2.45) is 5.16 Å². The molecule has 0 fully saturated rings. The lowest BCUT2D eigenvalue weighted by Crippen LogP contribution is -2.16. The van der Waals surface area contributed by atoms with E-state index >= 15 is 0 Å². The predicted octanol–water partition coefficient (Wildman–Crippen LogP) is 1.54. The zero-order valence-electron chi connectivity index (χ0n) is 8.32. The van der Waals surface area contributed by atoms with Crippen LogP contribution < -0.4 is 4.74 Å². The molecule has 0 saturated heterocycles. The summed E-state index contributed by atoms with van der Waals surface area (Å²) in [7, 11) is 0. The van der Waals surface area contributed by atoms with Gasteiger partial charge in [-0.2, -0.15) is 0 Å². The molecule has 0 bridgehead atoms. The van der Waals surface area contributed by atoms with E-state index in [0.717, 1.165) is 17.0 Å². The molecule has 0 aliphatic carbocycles. The van der Waals surface area contributed by atoms with Crippen LogP contribution in [0, 0.1) is 6.07 Å². The van der Waals surface area contributed by atoms with Gasteiger partial charge in [0.25, 0.3) is 0 Å². The maximum atomic E-state index is 10.6. The van der Waals surface area contributed by atoms with Crippen molar-refractivity contribution in [2.75, 3.05) is 6.61 Å². The van der Waals surface area contributed by atoms with Gasteiger partial charge in [-0.05, 0) is 18.2 Å². The summed E-state index contributed by atoms with van der Waals surface area (Å²) in [5, 5.41) is 3.80. The van der Waals surface area contributed by atoms with Gasteiger partial charge in [0.05, 0.1) is 12.3 Å². The van der Waals surface area contributed by atoms with E-state index in [0.29, 0.717) is 13.0 Å². The lowest BCUT2D eigenvalue weighted by molar-refractivity contribution is -0.140. The second kappa shape index (κ2) is 4.13. The van der Waals surface area contributed by atoms with Gasteiger partial charge in [0.2, 0.25) is 0 Å². The fourth-order valence-electron chi connectivity index (χ4n) is 1.38. The molecule has 0 spiro atoms. The molecule has 1 aliphatic rings. The van der Waals surface area contributed by atoms with Crippen LogP contribution in [0.4, 0.5) is 0 Å². The van der Waals surface area contributed by atoms with Crippen molar-refractivity contribution in [2.45, 2.75) is 13.3 Å². The average molecular weight is 204 g/mol. The Morgan fingerprint density at radius 2 is 2.53 bits per heavy atom. The number of hydrogen-bond donors (Lipinski definition) is 0. The van der Waals surface area contributed by atoms with Crippen LogP contribution in [-0.2, 0) is 9.63 Å². The molecule has 2 rings (SSSR count). The first-order valence-corrected chi connectivity index (χ1v) is 4.65. The van der Waals surface area contributed by atoms with Crippen LogP contribution in [0.2, 0.25) is 0 Å². The Bertz CT molecular complexity index is 412. The highest BCUT2D eigenvalue weighted by molar-refractivity contribution is 6.03. The lowest BCUT2D eigenvalue weighted by Gasteiger charge is -2.17. The SMILES string of the molecule is CC(=O)O/N=C1/CCOc2c[c]ccc21. The number of oxime groups is 1. The molecule has 1 radical (unpaired) electrons. The van der Waals surface area contributed by atoms with Crippen molar-refractivity contribution in [1.29, 1.82) is 0 Å². The van der Waals surface area contributed by atoms with Crippen molar-refractivity contribution >= 4 is 11.7 Å². The number of ether oxygens (including phenoxy) is 1. The van der Waals surface area contributed by atoms with Crippen molar-refractivity contribution in [1.82, 2.24) is 0 Å². The predicted molar refractivity (Wildman–Crippen MR) is 53.7 cm³/mol. The van der Waals surface area contributed by atoms with Crippen LogP contribution >= 0.6 is 0 Å². The fourth-order valence-corrected chi connectivity index (χ4v) is 1.38. The molecule has 1 heterocycles. The highest BCUT2D eigenvalue weighted by Crippen LogP contribution is 2.24.